The number of rotatable bonds is 6. The zero-order valence-electron chi connectivity index (χ0n) is 10.7. The van der Waals surface area contributed by atoms with Crippen LogP contribution in [0.1, 0.15) is 12.5 Å². The molecule has 1 aromatic rings. The Bertz CT molecular complexity index is 420. The number of hydrogen-bond acceptors (Lipinski definition) is 5. The van der Waals surface area contributed by atoms with E-state index < -0.39 is 30.6 Å². The van der Waals surface area contributed by atoms with Gasteiger partial charge in [0.2, 0.25) is 5.91 Å². The van der Waals surface area contributed by atoms with Crippen molar-refractivity contribution in [2.45, 2.75) is 25.6 Å². The Balaban J connectivity index is 2.48. The summed E-state index contributed by atoms with van der Waals surface area (Å²) in [5.41, 5.74) is 6.18. The van der Waals surface area contributed by atoms with Gasteiger partial charge in [-0.1, -0.05) is 30.3 Å². The average Bonchev–Trinajstić information content (AvgIpc) is 2.42. The summed E-state index contributed by atoms with van der Waals surface area (Å²) in [5.74, 6) is -1.21. The first-order chi connectivity index (χ1) is 9.04. The molecule has 0 fully saturated rings. The summed E-state index contributed by atoms with van der Waals surface area (Å²) in [4.78, 5) is 23.0. The van der Waals surface area contributed by atoms with E-state index in [0.29, 0.717) is 0 Å². The third kappa shape index (κ3) is 5.07. The van der Waals surface area contributed by atoms with Crippen molar-refractivity contribution in [2.24, 2.45) is 5.73 Å². The second-order valence-electron chi connectivity index (χ2n) is 4.13. The van der Waals surface area contributed by atoms with Gasteiger partial charge >= 0.3 is 5.97 Å². The molecule has 4 N–H and O–H groups in total. The highest BCUT2D eigenvalue weighted by Gasteiger charge is 2.22. The summed E-state index contributed by atoms with van der Waals surface area (Å²) in [7, 11) is 0. The van der Waals surface area contributed by atoms with E-state index in [1.54, 1.807) is 0 Å². The number of ether oxygens (including phenoxy) is 1. The molecule has 0 aromatic heterocycles. The van der Waals surface area contributed by atoms with Crippen molar-refractivity contribution in [2.75, 3.05) is 6.61 Å². The summed E-state index contributed by atoms with van der Waals surface area (Å²) in [6.07, 6.45) is 0. The molecule has 0 bridgehead atoms. The van der Waals surface area contributed by atoms with Gasteiger partial charge in [0.25, 0.3) is 0 Å². The first-order valence-corrected chi connectivity index (χ1v) is 5.92. The lowest BCUT2D eigenvalue weighted by molar-refractivity contribution is -0.150. The summed E-state index contributed by atoms with van der Waals surface area (Å²) >= 11 is 0. The number of amides is 1. The molecule has 2 atom stereocenters. The molecule has 0 heterocycles. The molecule has 0 saturated carbocycles. The van der Waals surface area contributed by atoms with Gasteiger partial charge in [-0.3, -0.25) is 4.79 Å². The molecule has 0 saturated heterocycles. The Morgan fingerprint density at radius 3 is 2.53 bits per heavy atom. The number of aliphatic hydroxyl groups excluding tert-OH is 1. The van der Waals surface area contributed by atoms with Gasteiger partial charge in [0.1, 0.15) is 6.61 Å². The van der Waals surface area contributed by atoms with Crippen LogP contribution < -0.4 is 11.1 Å². The molecular formula is C13H18N2O4. The van der Waals surface area contributed by atoms with Gasteiger partial charge < -0.3 is 20.9 Å². The Hall–Kier alpha value is -1.92. The molecule has 19 heavy (non-hydrogen) atoms. The van der Waals surface area contributed by atoms with E-state index in [4.69, 9.17) is 15.6 Å². The smallest absolute Gasteiger partial charge is 0.331 e. The normalized spacial score (nSPS) is 13.4. The highest BCUT2D eigenvalue weighted by Crippen LogP contribution is 2.02. The quantitative estimate of drug-likeness (QED) is 0.606. The minimum Gasteiger partial charge on any atom is -0.459 e. The molecule has 104 valence electrons. The fraction of sp³-hybridized carbons (Fsp3) is 0.385. The van der Waals surface area contributed by atoms with Crippen molar-refractivity contribution in [1.29, 1.82) is 0 Å². The summed E-state index contributed by atoms with van der Waals surface area (Å²) in [6.45, 7) is 1.04. The SMILES string of the molecule is C[C@H](N)C(=O)N[C@@H](CO)C(=O)OCc1ccccc1. The second kappa shape index (κ2) is 7.50. The van der Waals surface area contributed by atoms with Gasteiger partial charge in [0, 0.05) is 0 Å². The first-order valence-electron chi connectivity index (χ1n) is 5.92. The summed E-state index contributed by atoms with van der Waals surface area (Å²) < 4.78 is 5.01. The van der Waals surface area contributed by atoms with Crippen molar-refractivity contribution in [1.82, 2.24) is 5.32 Å². The van der Waals surface area contributed by atoms with Gasteiger partial charge in [-0.15, -0.1) is 0 Å². The summed E-state index contributed by atoms with van der Waals surface area (Å²) in [5, 5.41) is 11.4. The van der Waals surface area contributed by atoms with Gasteiger partial charge in [-0.05, 0) is 12.5 Å². The number of esters is 1. The number of carbonyl (C=O) groups excluding carboxylic acids is 2. The Morgan fingerprint density at radius 2 is 2.00 bits per heavy atom. The van der Waals surface area contributed by atoms with E-state index in [-0.39, 0.29) is 6.61 Å². The van der Waals surface area contributed by atoms with E-state index in [9.17, 15) is 9.59 Å². The third-order valence-corrected chi connectivity index (χ3v) is 2.42. The van der Waals surface area contributed by atoms with Crippen molar-refractivity contribution < 1.29 is 19.4 Å². The molecule has 0 spiro atoms. The van der Waals surface area contributed by atoms with Crippen molar-refractivity contribution in [3.05, 3.63) is 35.9 Å². The van der Waals surface area contributed by atoms with Crippen molar-refractivity contribution >= 4 is 11.9 Å². The van der Waals surface area contributed by atoms with Gasteiger partial charge in [0.15, 0.2) is 6.04 Å². The lowest BCUT2D eigenvalue weighted by atomic mass is 10.2. The molecule has 0 aliphatic rings. The van der Waals surface area contributed by atoms with Crippen molar-refractivity contribution in [3.8, 4) is 0 Å². The second-order valence-corrected chi connectivity index (χ2v) is 4.13. The molecule has 1 amide bonds. The number of nitrogens with two attached hydrogens (primary N) is 1. The molecule has 6 heteroatoms. The average molecular weight is 266 g/mol. The highest BCUT2D eigenvalue weighted by molar-refractivity contribution is 5.87. The minimum absolute atomic E-state index is 0.0875. The fourth-order valence-corrected chi connectivity index (χ4v) is 1.31. The van der Waals surface area contributed by atoms with E-state index in [0.717, 1.165) is 5.56 Å². The van der Waals surface area contributed by atoms with Crippen LogP contribution in [0.5, 0.6) is 0 Å². The van der Waals surface area contributed by atoms with Gasteiger partial charge in [0.05, 0.1) is 12.6 Å². The molecule has 0 radical (unpaired) electrons. The maximum atomic E-state index is 11.7. The molecule has 6 nitrogen and oxygen atoms in total. The van der Waals surface area contributed by atoms with Crippen LogP contribution in [0.15, 0.2) is 30.3 Å². The molecular weight excluding hydrogens is 248 g/mol. The van der Waals surface area contributed by atoms with Crippen LogP contribution in [0.2, 0.25) is 0 Å². The van der Waals surface area contributed by atoms with Crippen molar-refractivity contribution in [3.63, 3.8) is 0 Å². The van der Waals surface area contributed by atoms with Crippen LogP contribution in [-0.4, -0.2) is 35.7 Å². The maximum absolute atomic E-state index is 11.7. The predicted molar refractivity (Wildman–Crippen MR) is 68.9 cm³/mol. The maximum Gasteiger partial charge on any atom is 0.331 e. The van der Waals surface area contributed by atoms with Crippen LogP contribution in [0, 0.1) is 0 Å². The minimum atomic E-state index is -1.10. The third-order valence-electron chi connectivity index (χ3n) is 2.42. The number of benzene rings is 1. The number of hydrogen-bond donors (Lipinski definition) is 3. The lowest BCUT2D eigenvalue weighted by Crippen LogP contribution is -2.49. The fourth-order valence-electron chi connectivity index (χ4n) is 1.31. The lowest BCUT2D eigenvalue weighted by Gasteiger charge is -2.16. The van der Waals surface area contributed by atoms with E-state index in [2.05, 4.69) is 5.32 Å². The molecule has 1 rings (SSSR count). The van der Waals surface area contributed by atoms with E-state index in [1.165, 1.54) is 6.92 Å². The zero-order chi connectivity index (χ0) is 14.3. The number of nitrogens with one attached hydrogen (secondary N) is 1. The predicted octanol–water partition coefficient (Wildman–Crippen LogP) is -0.446. The number of carbonyl (C=O) groups is 2. The Kier molecular flexibility index (Phi) is 5.98. The zero-order valence-corrected chi connectivity index (χ0v) is 10.7. The number of aliphatic hydroxyl groups is 1. The topological polar surface area (TPSA) is 102 Å². The Labute approximate surface area is 111 Å². The molecule has 0 aliphatic heterocycles. The van der Waals surface area contributed by atoms with Crippen LogP contribution in [-0.2, 0) is 20.9 Å². The monoisotopic (exact) mass is 266 g/mol. The van der Waals surface area contributed by atoms with Gasteiger partial charge in [-0.25, -0.2) is 4.79 Å². The van der Waals surface area contributed by atoms with Crippen LogP contribution in [0.3, 0.4) is 0 Å². The highest BCUT2D eigenvalue weighted by atomic mass is 16.5. The van der Waals surface area contributed by atoms with E-state index >= 15 is 0 Å². The van der Waals surface area contributed by atoms with Crippen LogP contribution in [0.4, 0.5) is 0 Å². The summed E-state index contributed by atoms with van der Waals surface area (Å²) in [6, 6.07) is 7.27. The van der Waals surface area contributed by atoms with Gasteiger partial charge in [-0.2, -0.15) is 0 Å². The molecule has 1 aromatic carbocycles. The Morgan fingerprint density at radius 1 is 1.37 bits per heavy atom. The van der Waals surface area contributed by atoms with E-state index in [1.807, 2.05) is 30.3 Å². The molecule has 0 aliphatic carbocycles. The largest absolute Gasteiger partial charge is 0.459 e. The van der Waals surface area contributed by atoms with Crippen LogP contribution >= 0.6 is 0 Å². The molecule has 0 unspecified atom stereocenters. The van der Waals surface area contributed by atoms with Crippen LogP contribution in [0.25, 0.3) is 0 Å². The standard InChI is InChI=1S/C13H18N2O4/c1-9(14)12(17)15-11(7-16)13(18)19-8-10-5-3-2-4-6-10/h2-6,9,11,16H,7-8,14H2,1H3,(H,15,17)/t9-,11-/m0/s1. The first kappa shape index (κ1) is 15.1.